The third-order valence-corrected chi connectivity index (χ3v) is 4.17. The van der Waals surface area contributed by atoms with Crippen LogP contribution in [0.15, 0.2) is 10.5 Å². The summed E-state index contributed by atoms with van der Waals surface area (Å²) in [5.41, 5.74) is 0.572. The molecule has 2 rings (SSSR count). The summed E-state index contributed by atoms with van der Waals surface area (Å²) in [5.74, 6) is 0.526. The largest absolute Gasteiger partial charge is 0.410 e. The van der Waals surface area contributed by atoms with Crippen molar-refractivity contribution in [3.05, 3.63) is 16.1 Å². The molecular weight excluding hydrogens is 246 g/mol. The minimum absolute atomic E-state index is 0.0652. The average Bonchev–Trinajstić information content (AvgIpc) is 2.78. The zero-order valence-corrected chi connectivity index (χ0v) is 10.6. The van der Waals surface area contributed by atoms with Gasteiger partial charge in [0, 0.05) is 11.3 Å². The standard InChI is InChI=1S/C10H14ClN3OS/c1-14-4-2-7(3-5-14)10-12-8(6-16-10)9(11)13-15/h6-7,15H,2-5H2,1H3/b13-9-. The number of aromatic nitrogens is 1. The summed E-state index contributed by atoms with van der Waals surface area (Å²) in [7, 11) is 2.14. The number of halogens is 1. The van der Waals surface area contributed by atoms with Gasteiger partial charge in [-0.2, -0.15) is 0 Å². The molecule has 0 unspecified atom stereocenters. The number of piperidine rings is 1. The van der Waals surface area contributed by atoms with Gasteiger partial charge in [0.2, 0.25) is 0 Å². The van der Waals surface area contributed by atoms with Crippen LogP contribution in [0.25, 0.3) is 0 Å². The van der Waals surface area contributed by atoms with E-state index in [0.717, 1.165) is 30.9 Å². The van der Waals surface area contributed by atoms with E-state index in [9.17, 15) is 0 Å². The SMILES string of the molecule is CN1CCC(c2nc(/C(Cl)=N/O)cs2)CC1. The second kappa shape index (κ2) is 5.12. The monoisotopic (exact) mass is 259 g/mol. The van der Waals surface area contributed by atoms with E-state index in [2.05, 4.69) is 22.1 Å². The van der Waals surface area contributed by atoms with Crippen LogP contribution in [0.1, 0.15) is 29.5 Å². The van der Waals surface area contributed by atoms with Crippen LogP contribution in [-0.4, -0.2) is 40.4 Å². The lowest BCUT2D eigenvalue weighted by atomic mass is 9.98. The smallest absolute Gasteiger partial charge is 0.194 e. The van der Waals surface area contributed by atoms with E-state index in [4.69, 9.17) is 16.8 Å². The second-order valence-corrected chi connectivity index (χ2v) is 5.29. The number of oxime groups is 1. The van der Waals surface area contributed by atoms with E-state index in [1.54, 1.807) is 11.3 Å². The van der Waals surface area contributed by atoms with Gasteiger partial charge < -0.3 is 10.1 Å². The first-order valence-corrected chi connectivity index (χ1v) is 6.48. The molecule has 16 heavy (non-hydrogen) atoms. The molecule has 1 fully saturated rings. The van der Waals surface area contributed by atoms with Crippen molar-refractivity contribution in [3.63, 3.8) is 0 Å². The van der Waals surface area contributed by atoms with Gasteiger partial charge in [0.05, 0.1) is 5.01 Å². The van der Waals surface area contributed by atoms with Crippen LogP contribution in [0.4, 0.5) is 0 Å². The second-order valence-electron chi connectivity index (χ2n) is 4.04. The lowest BCUT2D eigenvalue weighted by molar-refractivity contribution is 0.255. The van der Waals surface area contributed by atoms with Crippen molar-refractivity contribution in [3.8, 4) is 0 Å². The Morgan fingerprint density at radius 3 is 2.94 bits per heavy atom. The molecule has 1 aliphatic heterocycles. The maximum atomic E-state index is 8.56. The number of nitrogens with zero attached hydrogens (tertiary/aromatic N) is 3. The topological polar surface area (TPSA) is 48.7 Å². The van der Waals surface area contributed by atoms with Crippen LogP contribution in [0.5, 0.6) is 0 Å². The van der Waals surface area contributed by atoms with Gasteiger partial charge in [-0.1, -0.05) is 16.8 Å². The normalized spacial score (nSPS) is 20.2. The van der Waals surface area contributed by atoms with Crippen molar-refractivity contribution < 1.29 is 5.21 Å². The fourth-order valence-corrected chi connectivity index (χ4v) is 3.01. The Labute approximate surface area is 104 Å². The lowest BCUT2D eigenvalue weighted by Crippen LogP contribution is -2.29. The Balaban J connectivity index is 2.07. The zero-order chi connectivity index (χ0) is 11.5. The first-order valence-electron chi connectivity index (χ1n) is 5.22. The van der Waals surface area contributed by atoms with Gasteiger partial charge in [0.25, 0.3) is 0 Å². The molecule has 0 atom stereocenters. The molecule has 0 spiro atoms. The molecule has 6 heteroatoms. The van der Waals surface area contributed by atoms with Gasteiger partial charge in [-0.05, 0) is 33.0 Å². The van der Waals surface area contributed by atoms with Crippen molar-refractivity contribution in [1.82, 2.24) is 9.88 Å². The molecule has 0 bridgehead atoms. The lowest BCUT2D eigenvalue weighted by Gasteiger charge is -2.27. The number of hydrogen-bond acceptors (Lipinski definition) is 5. The van der Waals surface area contributed by atoms with Crippen LogP contribution < -0.4 is 0 Å². The zero-order valence-electron chi connectivity index (χ0n) is 9.06. The maximum Gasteiger partial charge on any atom is 0.194 e. The maximum absolute atomic E-state index is 8.56. The summed E-state index contributed by atoms with van der Waals surface area (Å²) < 4.78 is 0. The number of hydrogen-bond donors (Lipinski definition) is 1. The van der Waals surface area contributed by atoms with Gasteiger partial charge >= 0.3 is 0 Å². The molecule has 1 aromatic rings. The highest BCUT2D eigenvalue weighted by molar-refractivity contribution is 7.10. The predicted octanol–water partition coefficient (Wildman–Crippen LogP) is 2.33. The molecule has 0 aromatic carbocycles. The van der Waals surface area contributed by atoms with Gasteiger partial charge in [0.1, 0.15) is 5.69 Å². The Morgan fingerprint density at radius 1 is 1.62 bits per heavy atom. The average molecular weight is 260 g/mol. The van der Waals surface area contributed by atoms with Crippen LogP contribution in [0, 0.1) is 0 Å². The van der Waals surface area contributed by atoms with Crippen LogP contribution >= 0.6 is 22.9 Å². The fourth-order valence-electron chi connectivity index (χ4n) is 1.88. The van der Waals surface area contributed by atoms with E-state index in [0.29, 0.717) is 11.6 Å². The molecule has 1 N–H and O–H groups in total. The third-order valence-electron chi connectivity index (χ3n) is 2.89. The van der Waals surface area contributed by atoms with Crippen molar-refractivity contribution in [2.45, 2.75) is 18.8 Å². The Hall–Kier alpha value is -0.650. The van der Waals surface area contributed by atoms with Gasteiger partial charge in [0.15, 0.2) is 5.17 Å². The Morgan fingerprint density at radius 2 is 2.31 bits per heavy atom. The molecule has 0 radical (unpaired) electrons. The first-order chi connectivity index (χ1) is 7.70. The Bertz CT molecular complexity index is 385. The highest BCUT2D eigenvalue weighted by Gasteiger charge is 2.21. The molecule has 1 aromatic heterocycles. The molecule has 1 saturated heterocycles. The van der Waals surface area contributed by atoms with E-state index in [1.165, 1.54) is 0 Å². The third kappa shape index (κ3) is 2.53. The molecular formula is C10H14ClN3OS. The summed E-state index contributed by atoms with van der Waals surface area (Å²) in [4.78, 5) is 6.73. The van der Waals surface area contributed by atoms with E-state index >= 15 is 0 Å². The molecule has 88 valence electrons. The van der Waals surface area contributed by atoms with E-state index in [1.807, 2.05) is 5.38 Å². The van der Waals surface area contributed by atoms with E-state index in [-0.39, 0.29) is 5.17 Å². The van der Waals surface area contributed by atoms with Crippen molar-refractivity contribution in [1.29, 1.82) is 0 Å². The molecule has 4 nitrogen and oxygen atoms in total. The number of rotatable bonds is 2. The molecule has 2 heterocycles. The highest BCUT2D eigenvalue weighted by atomic mass is 35.5. The van der Waals surface area contributed by atoms with Gasteiger partial charge in [-0.25, -0.2) is 4.98 Å². The van der Waals surface area contributed by atoms with E-state index < -0.39 is 0 Å². The summed E-state index contributed by atoms with van der Waals surface area (Å²) in [6, 6.07) is 0. The quantitative estimate of drug-likeness (QED) is 0.504. The molecule has 0 amide bonds. The van der Waals surface area contributed by atoms with Crippen LogP contribution in [0.3, 0.4) is 0 Å². The summed E-state index contributed by atoms with van der Waals surface area (Å²) in [6.07, 6.45) is 2.27. The minimum Gasteiger partial charge on any atom is -0.410 e. The minimum atomic E-state index is 0.0652. The summed E-state index contributed by atoms with van der Waals surface area (Å²) in [6.45, 7) is 2.23. The number of likely N-dealkylation sites (tertiary alicyclic amines) is 1. The van der Waals surface area contributed by atoms with Crippen molar-refractivity contribution >= 4 is 28.1 Å². The first kappa shape index (κ1) is 11.8. The van der Waals surface area contributed by atoms with Crippen LogP contribution in [0.2, 0.25) is 0 Å². The van der Waals surface area contributed by atoms with Crippen molar-refractivity contribution in [2.75, 3.05) is 20.1 Å². The molecule has 1 aliphatic rings. The Kier molecular flexibility index (Phi) is 3.78. The highest BCUT2D eigenvalue weighted by Crippen LogP contribution is 2.30. The van der Waals surface area contributed by atoms with Crippen molar-refractivity contribution in [2.24, 2.45) is 5.16 Å². The summed E-state index contributed by atoms with van der Waals surface area (Å²) >= 11 is 7.30. The predicted molar refractivity (Wildman–Crippen MR) is 65.8 cm³/mol. The van der Waals surface area contributed by atoms with Gasteiger partial charge in [-0.3, -0.25) is 0 Å². The fraction of sp³-hybridized carbons (Fsp3) is 0.600. The van der Waals surface area contributed by atoms with Gasteiger partial charge in [-0.15, -0.1) is 11.3 Å². The molecule has 0 saturated carbocycles. The molecule has 0 aliphatic carbocycles. The van der Waals surface area contributed by atoms with Crippen LogP contribution in [-0.2, 0) is 0 Å². The number of thiazole rings is 1. The summed E-state index contributed by atoms with van der Waals surface area (Å²) in [5, 5.41) is 14.5.